The lowest BCUT2D eigenvalue weighted by atomic mass is 10.2. The summed E-state index contributed by atoms with van der Waals surface area (Å²) in [7, 11) is 0. The molecule has 3 aromatic rings. The number of H-pyrrole nitrogens is 1. The Kier molecular flexibility index (Phi) is 2.79. The van der Waals surface area contributed by atoms with Crippen molar-refractivity contribution in [2.75, 3.05) is 18.0 Å². The van der Waals surface area contributed by atoms with E-state index in [-0.39, 0.29) is 11.7 Å². The van der Waals surface area contributed by atoms with E-state index in [1.54, 1.807) is 35.6 Å². The van der Waals surface area contributed by atoms with E-state index in [2.05, 4.69) is 20.1 Å². The Morgan fingerprint density at radius 2 is 2.09 bits per heavy atom. The van der Waals surface area contributed by atoms with Gasteiger partial charge in [0.05, 0.1) is 12.4 Å². The van der Waals surface area contributed by atoms with E-state index < -0.39 is 0 Å². The number of rotatable bonds is 3. The van der Waals surface area contributed by atoms with Crippen LogP contribution in [0.1, 0.15) is 0 Å². The number of β-amino-alcohol motifs (C(OH)–C–C–N with tert-alkyl or cyclic N) is 1. The van der Waals surface area contributed by atoms with Crippen LogP contribution in [0.4, 0.5) is 5.82 Å². The van der Waals surface area contributed by atoms with Crippen LogP contribution in [-0.4, -0.2) is 53.6 Å². The molecule has 0 saturated carbocycles. The summed E-state index contributed by atoms with van der Waals surface area (Å²) < 4.78 is 2.97. The standard InChI is InChI=1S/C13H13N7O2/c21-9-5-19(6-9)11-3-12(16-7-15-11)20-13(22)10(4-17-20)18-2-1-14-8-18/h1-4,7-9,17,21H,5-6H2. The number of imidazole rings is 1. The Morgan fingerprint density at radius 1 is 1.27 bits per heavy atom. The van der Waals surface area contributed by atoms with Crippen molar-refractivity contribution >= 4 is 5.82 Å². The minimum absolute atomic E-state index is 0.230. The number of nitrogens with one attached hydrogen (secondary N) is 1. The Hall–Kier alpha value is -2.94. The first-order valence-electron chi connectivity index (χ1n) is 6.76. The molecule has 3 aromatic heterocycles. The molecular formula is C13H13N7O2. The molecule has 0 bridgehead atoms. The van der Waals surface area contributed by atoms with E-state index in [1.807, 2.05) is 4.90 Å². The smallest absolute Gasteiger partial charge is 0.296 e. The third-order valence-corrected chi connectivity index (χ3v) is 3.59. The van der Waals surface area contributed by atoms with Gasteiger partial charge in [-0.1, -0.05) is 0 Å². The highest BCUT2D eigenvalue weighted by molar-refractivity contribution is 5.46. The number of aliphatic hydroxyl groups excluding tert-OH is 1. The van der Waals surface area contributed by atoms with E-state index in [9.17, 15) is 9.90 Å². The lowest BCUT2D eigenvalue weighted by Crippen LogP contribution is -2.51. The van der Waals surface area contributed by atoms with Gasteiger partial charge in [0, 0.05) is 37.7 Å². The fourth-order valence-corrected chi connectivity index (χ4v) is 2.39. The summed E-state index contributed by atoms with van der Waals surface area (Å²) in [5, 5.41) is 12.3. The van der Waals surface area contributed by atoms with Crippen molar-refractivity contribution in [3.05, 3.63) is 47.7 Å². The molecule has 1 aliphatic heterocycles. The van der Waals surface area contributed by atoms with Crippen LogP contribution in [0.25, 0.3) is 11.5 Å². The minimum atomic E-state index is -0.320. The first kappa shape index (κ1) is 12.8. The Bertz CT molecular complexity index is 845. The quantitative estimate of drug-likeness (QED) is 0.664. The van der Waals surface area contributed by atoms with Crippen LogP contribution in [0.3, 0.4) is 0 Å². The normalized spacial score (nSPS) is 15.0. The van der Waals surface area contributed by atoms with E-state index in [4.69, 9.17) is 0 Å². The number of hydrogen-bond acceptors (Lipinski definition) is 6. The van der Waals surface area contributed by atoms with Crippen molar-refractivity contribution in [2.45, 2.75) is 6.10 Å². The summed E-state index contributed by atoms with van der Waals surface area (Å²) in [6.45, 7) is 1.08. The number of aliphatic hydroxyl groups is 1. The maximum atomic E-state index is 12.5. The zero-order chi connectivity index (χ0) is 15.1. The second-order valence-electron chi connectivity index (χ2n) is 5.06. The number of aromatic amines is 1. The van der Waals surface area contributed by atoms with Gasteiger partial charge in [-0.15, -0.1) is 0 Å². The van der Waals surface area contributed by atoms with Crippen LogP contribution in [0, 0.1) is 0 Å². The summed E-state index contributed by atoms with van der Waals surface area (Å²) >= 11 is 0. The molecule has 112 valence electrons. The molecule has 9 nitrogen and oxygen atoms in total. The third kappa shape index (κ3) is 1.99. The van der Waals surface area contributed by atoms with Gasteiger partial charge in [-0.2, -0.15) is 4.68 Å². The molecule has 22 heavy (non-hydrogen) atoms. The summed E-state index contributed by atoms with van der Waals surface area (Å²) in [4.78, 5) is 26.6. The fourth-order valence-electron chi connectivity index (χ4n) is 2.39. The van der Waals surface area contributed by atoms with E-state index in [1.165, 1.54) is 11.0 Å². The van der Waals surface area contributed by atoms with Crippen LogP contribution in [0.2, 0.25) is 0 Å². The average molecular weight is 299 g/mol. The van der Waals surface area contributed by atoms with Crippen molar-refractivity contribution in [1.29, 1.82) is 0 Å². The monoisotopic (exact) mass is 299 g/mol. The second kappa shape index (κ2) is 4.81. The molecule has 2 N–H and O–H groups in total. The van der Waals surface area contributed by atoms with Crippen molar-refractivity contribution in [3.8, 4) is 11.5 Å². The topological polar surface area (TPSA) is 105 Å². The summed E-state index contributed by atoms with van der Waals surface area (Å²) in [5.41, 5.74) is 0.225. The Balaban J connectivity index is 1.71. The van der Waals surface area contributed by atoms with Gasteiger partial charge in [-0.05, 0) is 0 Å². The highest BCUT2D eigenvalue weighted by Crippen LogP contribution is 2.19. The largest absolute Gasteiger partial charge is 0.389 e. The van der Waals surface area contributed by atoms with Gasteiger partial charge in [-0.25, -0.2) is 15.0 Å². The molecular weight excluding hydrogens is 286 g/mol. The molecule has 1 saturated heterocycles. The highest BCUT2D eigenvalue weighted by atomic mass is 16.3. The molecule has 1 aliphatic rings. The van der Waals surface area contributed by atoms with Crippen LogP contribution in [0.5, 0.6) is 0 Å². The fraction of sp³-hybridized carbons (Fsp3) is 0.231. The zero-order valence-electron chi connectivity index (χ0n) is 11.5. The van der Waals surface area contributed by atoms with Crippen LogP contribution in [0.15, 0.2) is 42.1 Å². The minimum Gasteiger partial charge on any atom is -0.389 e. The molecule has 0 radical (unpaired) electrons. The molecule has 0 amide bonds. The van der Waals surface area contributed by atoms with Crippen LogP contribution < -0.4 is 10.5 Å². The highest BCUT2D eigenvalue weighted by Gasteiger charge is 2.26. The van der Waals surface area contributed by atoms with Crippen LogP contribution in [-0.2, 0) is 0 Å². The van der Waals surface area contributed by atoms with Gasteiger partial charge in [0.15, 0.2) is 5.82 Å². The van der Waals surface area contributed by atoms with Crippen molar-refractivity contribution in [3.63, 3.8) is 0 Å². The molecule has 0 unspecified atom stereocenters. The molecule has 0 atom stereocenters. The molecule has 1 fully saturated rings. The van der Waals surface area contributed by atoms with Crippen LogP contribution >= 0.6 is 0 Å². The average Bonchev–Trinajstić information content (AvgIpc) is 3.13. The predicted molar refractivity (Wildman–Crippen MR) is 77.3 cm³/mol. The van der Waals surface area contributed by atoms with Gasteiger partial charge >= 0.3 is 0 Å². The Labute approximate surface area is 124 Å². The molecule has 0 spiro atoms. The third-order valence-electron chi connectivity index (χ3n) is 3.59. The zero-order valence-corrected chi connectivity index (χ0v) is 11.5. The first-order chi connectivity index (χ1) is 10.7. The maximum absolute atomic E-state index is 12.5. The summed E-state index contributed by atoms with van der Waals surface area (Å²) in [6.07, 6.45) is 7.54. The summed E-state index contributed by atoms with van der Waals surface area (Å²) in [6, 6.07) is 1.71. The first-order valence-corrected chi connectivity index (χ1v) is 6.76. The van der Waals surface area contributed by atoms with E-state index in [0.717, 1.165) is 0 Å². The number of nitrogens with zero attached hydrogens (tertiary/aromatic N) is 6. The molecule has 0 aliphatic carbocycles. The molecule has 9 heteroatoms. The molecule has 0 aromatic carbocycles. The van der Waals surface area contributed by atoms with Gasteiger partial charge in [-0.3, -0.25) is 14.5 Å². The van der Waals surface area contributed by atoms with Gasteiger partial charge in [0.1, 0.15) is 17.8 Å². The van der Waals surface area contributed by atoms with Gasteiger partial charge < -0.3 is 10.0 Å². The number of anilines is 1. The van der Waals surface area contributed by atoms with Crippen molar-refractivity contribution in [2.24, 2.45) is 0 Å². The number of hydrogen-bond donors (Lipinski definition) is 2. The lowest BCUT2D eigenvalue weighted by Gasteiger charge is -2.36. The van der Waals surface area contributed by atoms with E-state index in [0.29, 0.717) is 30.4 Å². The molecule has 4 rings (SSSR count). The summed E-state index contributed by atoms with van der Waals surface area (Å²) in [5.74, 6) is 1.13. The van der Waals surface area contributed by atoms with Crippen molar-refractivity contribution < 1.29 is 5.11 Å². The lowest BCUT2D eigenvalue weighted by molar-refractivity contribution is 0.141. The Morgan fingerprint density at radius 3 is 2.82 bits per heavy atom. The SMILES string of the molecule is O=c1c(-n2ccnc2)c[nH]n1-c1cc(N2CC(O)C2)ncn1. The number of aromatic nitrogens is 6. The van der Waals surface area contributed by atoms with Gasteiger partial charge in [0.2, 0.25) is 0 Å². The van der Waals surface area contributed by atoms with E-state index >= 15 is 0 Å². The maximum Gasteiger partial charge on any atom is 0.296 e. The second-order valence-corrected chi connectivity index (χ2v) is 5.06. The van der Waals surface area contributed by atoms with Gasteiger partial charge in [0.25, 0.3) is 5.56 Å². The van der Waals surface area contributed by atoms with Crippen molar-refractivity contribution in [1.82, 2.24) is 29.3 Å². The predicted octanol–water partition coefficient (Wildman–Crippen LogP) is -0.678. The molecule has 4 heterocycles.